The van der Waals surface area contributed by atoms with Crippen LogP contribution in [0.5, 0.6) is 0 Å². The van der Waals surface area contributed by atoms with Crippen molar-refractivity contribution in [2.75, 3.05) is 29.9 Å². The van der Waals surface area contributed by atoms with Crippen LogP contribution in [-0.4, -0.2) is 56.0 Å². The minimum atomic E-state index is 0.437. The summed E-state index contributed by atoms with van der Waals surface area (Å²) < 4.78 is 1.80. The van der Waals surface area contributed by atoms with Gasteiger partial charge in [-0.3, -0.25) is 0 Å². The van der Waals surface area contributed by atoms with Crippen LogP contribution in [0.15, 0.2) is 18.5 Å². The van der Waals surface area contributed by atoms with Crippen molar-refractivity contribution in [2.24, 2.45) is 0 Å². The van der Waals surface area contributed by atoms with E-state index in [4.69, 9.17) is 0 Å². The van der Waals surface area contributed by atoms with Crippen LogP contribution >= 0.6 is 0 Å². The predicted octanol–water partition coefficient (Wildman–Crippen LogP) is 1.82. The molecule has 0 radical (unpaired) electrons. The molecule has 3 aromatic heterocycles. The second-order valence-electron chi connectivity index (χ2n) is 7.56. The lowest BCUT2D eigenvalue weighted by Gasteiger charge is -2.45. The van der Waals surface area contributed by atoms with Gasteiger partial charge >= 0.3 is 0 Å². The van der Waals surface area contributed by atoms with Crippen LogP contribution in [0.2, 0.25) is 0 Å². The van der Waals surface area contributed by atoms with E-state index in [1.807, 2.05) is 19.1 Å². The van der Waals surface area contributed by atoms with E-state index in [2.05, 4.69) is 42.1 Å². The lowest BCUT2D eigenvalue weighted by Crippen LogP contribution is -2.59. The lowest BCUT2D eigenvalue weighted by molar-refractivity contribution is 0.485. The Labute approximate surface area is 158 Å². The highest BCUT2D eigenvalue weighted by Crippen LogP contribution is 2.30. The van der Waals surface area contributed by atoms with Crippen molar-refractivity contribution < 1.29 is 0 Å². The van der Waals surface area contributed by atoms with Gasteiger partial charge in [0.2, 0.25) is 0 Å². The molecular weight excluding hydrogens is 340 g/mol. The van der Waals surface area contributed by atoms with E-state index >= 15 is 0 Å². The molecule has 8 nitrogen and oxygen atoms in total. The Bertz CT molecular complexity index is 975. The molecule has 27 heavy (non-hydrogen) atoms. The smallest absolute Gasteiger partial charge is 0.178 e. The van der Waals surface area contributed by atoms with Crippen LogP contribution in [-0.2, 0) is 12.8 Å². The van der Waals surface area contributed by atoms with Gasteiger partial charge in [0.25, 0.3) is 0 Å². The molecule has 0 N–H and O–H groups in total. The maximum Gasteiger partial charge on any atom is 0.178 e. The van der Waals surface area contributed by atoms with Crippen molar-refractivity contribution in [3.05, 3.63) is 35.5 Å². The Hall–Kier alpha value is -2.77. The Morgan fingerprint density at radius 3 is 2.78 bits per heavy atom. The van der Waals surface area contributed by atoms with Gasteiger partial charge in [-0.05, 0) is 44.7 Å². The number of rotatable bonds is 3. The van der Waals surface area contributed by atoms with E-state index in [9.17, 15) is 0 Å². The summed E-state index contributed by atoms with van der Waals surface area (Å²) >= 11 is 0. The topological polar surface area (TPSA) is 75.3 Å². The minimum absolute atomic E-state index is 0.437. The number of anilines is 2. The van der Waals surface area contributed by atoms with Gasteiger partial charge in [-0.15, -0.1) is 15.3 Å². The molecule has 1 saturated heterocycles. The standard InChI is InChI=1S/C19H24N8/c1-13-22-23-17-8-9-18(24-27(13)17)26-10-14(11-26)25(2)19-15-6-4-3-5-7-16(15)20-12-21-19/h8-9,12,14H,3-7,10-11H2,1-2H3. The molecular formula is C19H24N8. The van der Waals surface area contributed by atoms with E-state index in [1.54, 1.807) is 10.8 Å². The molecule has 0 saturated carbocycles. The highest BCUT2D eigenvalue weighted by Gasteiger charge is 2.33. The average molecular weight is 364 g/mol. The van der Waals surface area contributed by atoms with E-state index < -0.39 is 0 Å². The molecule has 0 atom stereocenters. The molecule has 0 aromatic carbocycles. The molecule has 8 heteroatoms. The Kier molecular flexibility index (Phi) is 3.91. The number of hydrogen-bond acceptors (Lipinski definition) is 7. The second-order valence-corrected chi connectivity index (χ2v) is 7.56. The highest BCUT2D eigenvalue weighted by molar-refractivity contribution is 5.54. The maximum absolute atomic E-state index is 4.68. The minimum Gasteiger partial charge on any atom is -0.353 e. The SMILES string of the molecule is Cc1nnc2ccc(N3CC(N(C)c4ncnc5c4CCCCC5)C3)nn12. The zero-order valence-electron chi connectivity index (χ0n) is 15.8. The number of nitrogens with zero attached hydrogens (tertiary/aromatic N) is 8. The third-order valence-corrected chi connectivity index (χ3v) is 5.82. The Balaban J connectivity index is 1.33. The molecule has 1 fully saturated rings. The molecule has 0 unspecified atom stereocenters. The van der Waals surface area contributed by atoms with Gasteiger partial charge in [0, 0.05) is 31.4 Å². The first-order chi connectivity index (χ1) is 13.2. The third-order valence-electron chi connectivity index (χ3n) is 5.82. The molecule has 3 aromatic rings. The average Bonchev–Trinajstić information content (AvgIpc) is 2.86. The van der Waals surface area contributed by atoms with Crippen LogP contribution in [0.25, 0.3) is 5.65 Å². The number of aromatic nitrogens is 6. The second kappa shape index (κ2) is 6.44. The summed E-state index contributed by atoms with van der Waals surface area (Å²) in [5.74, 6) is 2.89. The van der Waals surface area contributed by atoms with Crippen molar-refractivity contribution in [3.63, 3.8) is 0 Å². The van der Waals surface area contributed by atoms with Crippen LogP contribution in [0.1, 0.15) is 36.3 Å². The predicted molar refractivity (Wildman–Crippen MR) is 103 cm³/mol. The molecule has 0 spiro atoms. The summed E-state index contributed by atoms with van der Waals surface area (Å²) in [7, 11) is 2.16. The van der Waals surface area contributed by atoms with E-state index in [-0.39, 0.29) is 0 Å². The van der Waals surface area contributed by atoms with Gasteiger partial charge < -0.3 is 9.80 Å². The number of likely N-dealkylation sites (N-methyl/N-ethyl adjacent to an activating group) is 1. The van der Waals surface area contributed by atoms with Crippen molar-refractivity contribution in [1.82, 2.24) is 29.8 Å². The summed E-state index contributed by atoms with van der Waals surface area (Å²) in [5.41, 5.74) is 3.39. The molecule has 2 aliphatic rings. The van der Waals surface area contributed by atoms with Crippen LogP contribution < -0.4 is 9.80 Å². The van der Waals surface area contributed by atoms with E-state index in [1.165, 1.54) is 30.5 Å². The van der Waals surface area contributed by atoms with Crippen LogP contribution in [0, 0.1) is 6.92 Å². The van der Waals surface area contributed by atoms with Crippen molar-refractivity contribution in [3.8, 4) is 0 Å². The highest BCUT2D eigenvalue weighted by atomic mass is 15.4. The first kappa shape index (κ1) is 16.4. The maximum atomic E-state index is 4.68. The number of hydrogen-bond donors (Lipinski definition) is 0. The summed E-state index contributed by atoms with van der Waals surface area (Å²) in [5, 5.41) is 12.9. The fraction of sp³-hybridized carbons (Fsp3) is 0.526. The fourth-order valence-electron chi connectivity index (χ4n) is 4.10. The van der Waals surface area contributed by atoms with Gasteiger partial charge in [0.05, 0.1) is 6.04 Å². The molecule has 1 aliphatic heterocycles. The normalized spacial score (nSPS) is 17.5. The van der Waals surface area contributed by atoms with Crippen molar-refractivity contribution in [1.29, 1.82) is 0 Å². The first-order valence-electron chi connectivity index (χ1n) is 9.70. The van der Waals surface area contributed by atoms with E-state index in [0.29, 0.717) is 6.04 Å². The van der Waals surface area contributed by atoms with Gasteiger partial charge in [-0.25, -0.2) is 9.97 Å². The van der Waals surface area contributed by atoms with Gasteiger partial charge in [0.1, 0.15) is 18.0 Å². The largest absolute Gasteiger partial charge is 0.353 e. The zero-order valence-corrected chi connectivity index (χ0v) is 15.8. The molecule has 0 amide bonds. The van der Waals surface area contributed by atoms with Gasteiger partial charge in [-0.2, -0.15) is 4.52 Å². The first-order valence-corrected chi connectivity index (χ1v) is 9.70. The summed E-state index contributed by atoms with van der Waals surface area (Å²) in [4.78, 5) is 13.8. The Morgan fingerprint density at radius 1 is 1.04 bits per heavy atom. The zero-order chi connectivity index (χ0) is 18.4. The summed E-state index contributed by atoms with van der Waals surface area (Å²) in [6, 6.07) is 4.44. The third kappa shape index (κ3) is 2.79. The molecule has 4 heterocycles. The summed E-state index contributed by atoms with van der Waals surface area (Å²) in [6.45, 7) is 3.80. The van der Waals surface area contributed by atoms with Crippen molar-refractivity contribution in [2.45, 2.75) is 45.1 Å². The van der Waals surface area contributed by atoms with Gasteiger partial charge in [0.15, 0.2) is 11.5 Å². The van der Waals surface area contributed by atoms with Gasteiger partial charge in [-0.1, -0.05) is 6.42 Å². The molecule has 5 rings (SSSR count). The summed E-state index contributed by atoms with van der Waals surface area (Å²) in [6.07, 6.45) is 7.67. The Morgan fingerprint density at radius 2 is 1.89 bits per heavy atom. The van der Waals surface area contributed by atoms with Crippen LogP contribution in [0.3, 0.4) is 0 Å². The molecule has 140 valence electrons. The number of fused-ring (bicyclic) bond motifs is 2. The lowest BCUT2D eigenvalue weighted by atomic mass is 10.0. The quantitative estimate of drug-likeness (QED) is 0.656. The monoisotopic (exact) mass is 364 g/mol. The molecule has 0 bridgehead atoms. The number of aryl methyl sites for hydroxylation is 2. The fourth-order valence-corrected chi connectivity index (χ4v) is 4.10. The molecule has 1 aliphatic carbocycles. The van der Waals surface area contributed by atoms with E-state index in [0.717, 1.165) is 49.0 Å². The van der Waals surface area contributed by atoms with Crippen LogP contribution in [0.4, 0.5) is 11.6 Å². The van der Waals surface area contributed by atoms with Crippen molar-refractivity contribution >= 4 is 17.3 Å².